The van der Waals surface area contributed by atoms with Gasteiger partial charge < -0.3 is 10.1 Å². The fourth-order valence-corrected chi connectivity index (χ4v) is 3.82. The third-order valence-corrected chi connectivity index (χ3v) is 5.31. The quantitative estimate of drug-likeness (QED) is 0.732. The lowest BCUT2D eigenvalue weighted by atomic mass is 9.81. The van der Waals surface area contributed by atoms with Crippen LogP contribution in [-0.2, 0) is 4.74 Å². The predicted molar refractivity (Wildman–Crippen MR) is 90.6 cm³/mol. The van der Waals surface area contributed by atoms with Crippen LogP contribution >= 0.6 is 0 Å². The first-order chi connectivity index (χ1) is 9.76. The highest BCUT2D eigenvalue weighted by atomic mass is 16.5. The molecule has 1 aliphatic heterocycles. The minimum Gasteiger partial charge on any atom is -0.372 e. The van der Waals surface area contributed by atoms with Crippen molar-refractivity contribution in [3.8, 4) is 0 Å². The van der Waals surface area contributed by atoms with Crippen molar-refractivity contribution in [2.75, 3.05) is 6.54 Å². The Balaban J connectivity index is 1.88. The van der Waals surface area contributed by atoms with E-state index in [0.29, 0.717) is 6.10 Å². The Morgan fingerprint density at radius 1 is 1.14 bits per heavy atom. The molecule has 0 bridgehead atoms. The maximum Gasteiger partial charge on any atom is 0.0687 e. The van der Waals surface area contributed by atoms with Gasteiger partial charge in [-0.05, 0) is 52.9 Å². The lowest BCUT2D eigenvalue weighted by molar-refractivity contribution is -0.0729. The lowest BCUT2D eigenvalue weighted by Gasteiger charge is -2.36. The first-order valence-corrected chi connectivity index (χ1v) is 8.82. The molecule has 122 valence electrons. The number of ether oxygens (including phenoxy) is 1. The second-order valence-electron chi connectivity index (χ2n) is 8.69. The standard InChI is InChI=1S/C19H35NO/c1-6-18(5,15-20-17(2,3)4)14-16-10-13-19(21-16)11-8-7-9-12-19/h6,16,20H,1,7-15H2,2-5H3. The van der Waals surface area contributed by atoms with Gasteiger partial charge in [-0.1, -0.05) is 32.3 Å². The van der Waals surface area contributed by atoms with Crippen molar-refractivity contribution in [2.24, 2.45) is 5.41 Å². The Hall–Kier alpha value is -0.340. The molecule has 1 spiro atoms. The highest BCUT2D eigenvalue weighted by molar-refractivity contribution is 4.99. The van der Waals surface area contributed by atoms with E-state index in [1.807, 2.05) is 0 Å². The number of rotatable bonds is 5. The van der Waals surface area contributed by atoms with Crippen molar-refractivity contribution in [2.45, 2.75) is 96.3 Å². The fourth-order valence-electron chi connectivity index (χ4n) is 3.82. The first kappa shape index (κ1) is 17.0. The molecule has 1 aliphatic carbocycles. The third kappa shape index (κ3) is 4.82. The summed E-state index contributed by atoms with van der Waals surface area (Å²) in [6, 6.07) is 0. The summed E-state index contributed by atoms with van der Waals surface area (Å²) >= 11 is 0. The summed E-state index contributed by atoms with van der Waals surface area (Å²) in [5.41, 5.74) is 0.520. The van der Waals surface area contributed by atoms with Gasteiger partial charge in [0.25, 0.3) is 0 Å². The van der Waals surface area contributed by atoms with Gasteiger partial charge in [0, 0.05) is 17.5 Å². The summed E-state index contributed by atoms with van der Waals surface area (Å²) in [4.78, 5) is 0. The maximum atomic E-state index is 6.54. The highest BCUT2D eigenvalue weighted by Gasteiger charge is 2.42. The zero-order chi connectivity index (χ0) is 15.6. The largest absolute Gasteiger partial charge is 0.372 e. The van der Waals surface area contributed by atoms with E-state index in [4.69, 9.17) is 4.74 Å². The van der Waals surface area contributed by atoms with Crippen LogP contribution in [-0.4, -0.2) is 23.8 Å². The molecule has 1 saturated heterocycles. The molecule has 2 atom stereocenters. The molecule has 0 amide bonds. The zero-order valence-corrected chi connectivity index (χ0v) is 14.6. The molecule has 0 aromatic rings. The summed E-state index contributed by atoms with van der Waals surface area (Å²) in [6.07, 6.45) is 12.8. The molecule has 1 N–H and O–H groups in total. The van der Waals surface area contributed by atoms with Crippen LogP contribution in [0.4, 0.5) is 0 Å². The summed E-state index contributed by atoms with van der Waals surface area (Å²) in [5.74, 6) is 0. The van der Waals surface area contributed by atoms with Gasteiger partial charge in [0.15, 0.2) is 0 Å². The van der Waals surface area contributed by atoms with Crippen molar-refractivity contribution >= 4 is 0 Å². The molecule has 0 aromatic carbocycles. The van der Waals surface area contributed by atoms with E-state index in [1.165, 1.54) is 44.9 Å². The van der Waals surface area contributed by atoms with E-state index in [2.05, 4.69) is 45.7 Å². The van der Waals surface area contributed by atoms with Gasteiger partial charge in [0.1, 0.15) is 0 Å². The first-order valence-electron chi connectivity index (χ1n) is 8.82. The Kier molecular flexibility index (Phi) is 5.20. The summed E-state index contributed by atoms with van der Waals surface area (Å²) < 4.78 is 6.54. The Morgan fingerprint density at radius 3 is 2.38 bits per heavy atom. The number of hydrogen-bond acceptors (Lipinski definition) is 2. The van der Waals surface area contributed by atoms with Crippen LogP contribution in [0.1, 0.15) is 79.1 Å². The molecule has 2 nitrogen and oxygen atoms in total. The van der Waals surface area contributed by atoms with E-state index in [9.17, 15) is 0 Å². The highest BCUT2D eigenvalue weighted by Crippen LogP contribution is 2.44. The number of nitrogens with one attached hydrogen (secondary N) is 1. The van der Waals surface area contributed by atoms with Crippen LogP contribution in [0.15, 0.2) is 12.7 Å². The van der Waals surface area contributed by atoms with Gasteiger partial charge in [0.05, 0.1) is 11.7 Å². The molecule has 21 heavy (non-hydrogen) atoms. The predicted octanol–water partition coefficient (Wildman–Crippen LogP) is 4.84. The zero-order valence-electron chi connectivity index (χ0n) is 14.6. The van der Waals surface area contributed by atoms with E-state index >= 15 is 0 Å². The Morgan fingerprint density at radius 2 is 1.81 bits per heavy atom. The van der Waals surface area contributed by atoms with Crippen molar-refractivity contribution in [3.05, 3.63) is 12.7 Å². The second kappa shape index (κ2) is 6.42. The molecule has 1 heterocycles. The molecule has 2 aliphatic rings. The SMILES string of the molecule is C=CC(C)(CNC(C)(C)C)CC1CCC2(CCCCC2)O1. The molecule has 2 rings (SSSR count). The fraction of sp³-hybridized carbons (Fsp3) is 0.895. The average molecular weight is 293 g/mol. The Bertz CT molecular complexity index is 351. The normalized spacial score (nSPS) is 28.5. The van der Waals surface area contributed by atoms with Crippen LogP contribution in [0.2, 0.25) is 0 Å². The van der Waals surface area contributed by atoms with Crippen molar-refractivity contribution in [1.29, 1.82) is 0 Å². The molecule has 0 aromatic heterocycles. The van der Waals surface area contributed by atoms with Crippen molar-refractivity contribution in [3.63, 3.8) is 0 Å². The maximum absolute atomic E-state index is 6.54. The molecule has 2 heteroatoms. The van der Waals surface area contributed by atoms with Crippen LogP contribution in [0, 0.1) is 5.41 Å². The second-order valence-corrected chi connectivity index (χ2v) is 8.69. The Labute approximate surface area is 131 Å². The summed E-state index contributed by atoms with van der Waals surface area (Å²) in [5, 5.41) is 3.63. The van der Waals surface area contributed by atoms with Gasteiger partial charge in [0.2, 0.25) is 0 Å². The molecular formula is C19H35NO. The van der Waals surface area contributed by atoms with Crippen LogP contribution < -0.4 is 5.32 Å². The monoisotopic (exact) mass is 293 g/mol. The van der Waals surface area contributed by atoms with E-state index in [1.54, 1.807) is 0 Å². The van der Waals surface area contributed by atoms with E-state index < -0.39 is 0 Å². The van der Waals surface area contributed by atoms with E-state index in [-0.39, 0.29) is 16.6 Å². The van der Waals surface area contributed by atoms with Crippen molar-refractivity contribution < 1.29 is 4.74 Å². The van der Waals surface area contributed by atoms with Gasteiger partial charge in [-0.2, -0.15) is 0 Å². The lowest BCUT2D eigenvalue weighted by Crippen LogP contribution is -2.43. The molecule has 0 radical (unpaired) electrons. The van der Waals surface area contributed by atoms with Gasteiger partial charge in [-0.25, -0.2) is 0 Å². The average Bonchev–Trinajstić information content (AvgIpc) is 2.79. The molecule has 2 fully saturated rings. The summed E-state index contributed by atoms with van der Waals surface area (Å²) in [7, 11) is 0. The topological polar surface area (TPSA) is 21.3 Å². The molecular weight excluding hydrogens is 258 g/mol. The number of hydrogen-bond donors (Lipinski definition) is 1. The minimum atomic E-state index is 0.123. The van der Waals surface area contributed by atoms with Gasteiger partial charge in [-0.3, -0.25) is 0 Å². The smallest absolute Gasteiger partial charge is 0.0687 e. The van der Waals surface area contributed by atoms with Crippen molar-refractivity contribution in [1.82, 2.24) is 5.32 Å². The summed E-state index contributed by atoms with van der Waals surface area (Å²) in [6.45, 7) is 14.0. The van der Waals surface area contributed by atoms with Crippen LogP contribution in [0.3, 0.4) is 0 Å². The third-order valence-electron chi connectivity index (χ3n) is 5.31. The molecule has 1 saturated carbocycles. The van der Waals surface area contributed by atoms with Gasteiger partial charge >= 0.3 is 0 Å². The van der Waals surface area contributed by atoms with Crippen LogP contribution in [0.5, 0.6) is 0 Å². The van der Waals surface area contributed by atoms with Crippen LogP contribution in [0.25, 0.3) is 0 Å². The van der Waals surface area contributed by atoms with E-state index in [0.717, 1.165) is 13.0 Å². The van der Waals surface area contributed by atoms with Gasteiger partial charge in [-0.15, -0.1) is 6.58 Å². The minimum absolute atomic E-state index is 0.123. The molecule has 2 unspecified atom stereocenters.